The fourth-order valence-electron chi connectivity index (χ4n) is 2.74. The van der Waals surface area contributed by atoms with Gasteiger partial charge in [0, 0.05) is 6.61 Å². The second-order valence-electron chi connectivity index (χ2n) is 5.92. The van der Waals surface area contributed by atoms with E-state index < -0.39 is 6.04 Å². The molecule has 1 aliphatic carbocycles. The Kier molecular flexibility index (Phi) is 6.09. The number of nitrogens with two attached hydrogens (primary N) is 1. The summed E-state index contributed by atoms with van der Waals surface area (Å²) >= 11 is 0. The van der Waals surface area contributed by atoms with Crippen molar-refractivity contribution in [1.82, 2.24) is 0 Å². The molecule has 1 fully saturated rings. The number of carbonyl (C=O) groups excluding carboxylic acids is 1. The van der Waals surface area contributed by atoms with Crippen LogP contribution in [0, 0.1) is 17.8 Å². The van der Waals surface area contributed by atoms with Crippen molar-refractivity contribution in [3.63, 3.8) is 0 Å². The first kappa shape index (κ1) is 15.4. The molecular weight excluding hydrogens is 230 g/mol. The average molecular weight is 257 g/mol. The van der Waals surface area contributed by atoms with E-state index in [1.54, 1.807) is 0 Å². The van der Waals surface area contributed by atoms with Crippen LogP contribution in [0.4, 0.5) is 0 Å². The molecule has 4 atom stereocenters. The number of aliphatic hydroxyl groups is 1. The highest BCUT2D eigenvalue weighted by Gasteiger charge is 2.34. The van der Waals surface area contributed by atoms with Crippen LogP contribution in [0.5, 0.6) is 0 Å². The van der Waals surface area contributed by atoms with Crippen molar-refractivity contribution in [2.24, 2.45) is 23.5 Å². The quantitative estimate of drug-likeness (QED) is 0.735. The van der Waals surface area contributed by atoms with Gasteiger partial charge >= 0.3 is 5.97 Å². The summed E-state index contributed by atoms with van der Waals surface area (Å²) in [7, 11) is 0. The summed E-state index contributed by atoms with van der Waals surface area (Å²) in [4.78, 5) is 11.8. The molecular formula is C14H27NO3. The molecule has 1 aliphatic rings. The number of carbonyl (C=O) groups is 1. The maximum atomic E-state index is 11.8. The molecule has 0 aliphatic heterocycles. The van der Waals surface area contributed by atoms with Gasteiger partial charge in [0.1, 0.15) is 12.1 Å². The molecule has 3 N–H and O–H groups in total. The number of aliphatic hydroxyl groups excluding tert-OH is 1. The van der Waals surface area contributed by atoms with E-state index >= 15 is 0 Å². The maximum Gasteiger partial charge on any atom is 0.323 e. The standard InChI is InChI=1S/C14H27NO3/c1-9(2)11-5-4-10(3)8-13(11)18-14(17)12(15)6-7-16/h9-13,16H,4-8,15H2,1-3H3. The zero-order valence-electron chi connectivity index (χ0n) is 11.8. The zero-order valence-corrected chi connectivity index (χ0v) is 11.8. The van der Waals surface area contributed by atoms with Gasteiger partial charge in [-0.3, -0.25) is 4.79 Å². The van der Waals surface area contributed by atoms with Crippen molar-refractivity contribution < 1.29 is 14.6 Å². The first-order valence-electron chi connectivity index (χ1n) is 7.02. The Morgan fingerprint density at radius 1 is 1.44 bits per heavy atom. The first-order chi connectivity index (χ1) is 8.45. The summed E-state index contributed by atoms with van der Waals surface area (Å²) in [6.07, 6.45) is 3.52. The Bertz CT molecular complexity index is 268. The number of ether oxygens (including phenoxy) is 1. The predicted octanol–water partition coefficient (Wildman–Crippen LogP) is 1.70. The summed E-state index contributed by atoms with van der Waals surface area (Å²) in [6, 6.07) is -0.694. The van der Waals surface area contributed by atoms with E-state index in [1.165, 1.54) is 6.42 Å². The Morgan fingerprint density at radius 2 is 2.11 bits per heavy atom. The van der Waals surface area contributed by atoms with Gasteiger partial charge in [-0.05, 0) is 37.0 Å². The fourth-order valence-corrected chi connectivity index (χ4v) is 2.74. The molecule has 0 saturated heterocycles. The second kappa shape index (κ2) is 7.10. The minimum atomic E-state index is -0.694. The summed E-state index contributed by atoms with van der Waals surface area (Å²) in [5, 5.41) is 8.79. The Labute approximate surface area is 110 Å². The van der Waals surface area contributed by atoms with Crippen LogP contribution < -0.4 is 5.73 Å². The average Bonchev–Trinajstić information content (AvgIpc) is 2.28. The molecule has 0 aromatic heterocycles. The zero-order chi connectivity index (χ0) is 13.7. The number of rotatable bonds is 5. The minimum Gasteiger partial charge on any atom is -0.461 e. The van der Waals surface area contributed by atoms with Gasteiger partial charge < -0.3 is 15.6 Å². The molecule has 0 heterocycles. The highest BCUT2D eigenvalue weighted by atomic mass is 16.5. The molecule has 0 aromatic rings. The van der Waals surface area contributed by atoms with E-state index in [9.17, 15) is 4.79 Å². The van der Waals surface area contributed by atoms with Gasteiger partial charge in [-0.15, -0.1) is 0 Å². The predicted molar refractivity (Wildman–Crippen MR) is 70.9 cm³/mol. The van der Waals surface area contributed by atoms with Crippen LogP contribution in [0.25, 0.3) is 0 Å². The van der Waals surface area contributed by atoms with Gasteiger partial charge in [-0.1, -0.05) is 27.2 Å². The summed E-state index contributed by atoms with van der Waals surface area (Å²) < 4.78 is 5.57. The minimum absolute atomic E-state index is 0.00834. The van der Waals surface area contributed by atoms with Crippen LogP contribution in [0.1, 0.15) is 46.5 Å². The fraction of sp³-hybridized carbons (Fsp3) is 0.929. The number of hydrogen-bond donors (Lipinski definition) is 2. The van der Waals surface area contributed by atoms with Crippen LogP contribution >= 0.6 is 0 Å². The van der Waals surface area contributed by atoms with Crippen molar-refractivity contribution in [2.75, 3.05) is 6.61 Å². The smallest absolute Gasteiger partial charge is 0.323 e. The van der Waals surface area contributed by atoms with Gasteiger partial charge in [0.05, 0.1) is 0 Å². The lowest BCUT2D eigenvalue weighted by Crippen LogP contribution is -2.41. The molecule has 0 radical (unpaired) electrons. The third-order valence-electron chi connectivity index (χ3n) is 3.97. The molecule has 4 heteroatoms. The van der Waals surface area contributed by atoms with E-state index in [0.29, 0.717) is 17.8 Å². The monoisotopic (exact) mass is 257 g/mol. The molecule has 0 amide bonds. The normalized spacial score (nSPS) is 30.2. The van der Waals surface area contributed by atoms with Gasteiger partial charge in [-0.25, -0.2) is 0 Å². The summed E-state index contributed by atoms with van der Waals surface area (Å²) in [6.45, 7) is 6.47. The van der Waals surface area contributed by atoms with E-state index in [-0.39, 0.29) is 25.1 Å². The lowest BCUT2D eigenvalue weighted by atomic mass is 9.75. The lowest BCUT2D eigenvalue weighted by Gasteiger charge is -2.37. The molecule has 0 spiro atoms. The molecule has 18 heavy (non-hydrogen) atoms. The van der Waals surface area contributed by atoms with Crippen LogP contribution in [-0.4, -0.2) is 29.8 Å². The first-order valence-corrected chi connectivity index (χ1v) is 7.02. The molecule has 4 unspecified atom stereocenters. The summed E-state index contributed by atoms with van der Waals surface area (Å²) in [5.41, 5.74) is 5.67. The van der Waals surface area contributed by atoms with Gasteiger partial charge in [-0.2, -0.15) is 0 Å². The third kappa shape index (κ3) is 4.25. The maximum absolute atomic E-state index is 11.8. The topological polar surface area (TPSA) is 72.5 Å². The van der Waals surface area contributed by atoms with Crippen molar-refractivity contribution in [1.29, 1.82) is 0 Å². The van der Waals surface area contributed by atoms with Crippen molar-refractivity contribution in [3.8, 4) is 0 Å². The molecule has 1 saturated carbocycles. The highest BCUT2D eigenvalue weighted by Crippen LogP contribution is 2.35. The van der Waals surface area contributed by atoms with E-state index in [4.69, 9.17) is 15.6 Å². The van der Waals surface area contributed by atoms with Gasteiger partial charge in [0.15, 0.2) is 0 Å². The Balaban J connectivity index is 2.57. The largest absolute Gasteiger partial charge is 0.461 e. The SMILES string of the molecule is CC1CCC(C(C)C)C(OC(=O)C(N)CCO)C1. The second-order valence-corrected chi connectivity index (χ2v) is 5.92. The molecule has 4 nitrogen and oxygen atoms in total. The van der Waals surface area contributed by atoms with E-state index in [1.807, 2.05) is 0 Å². The Hall–Kier alpha value is -0.610. The Morgan fingerprint density at radius 3 is 2.67 bits per heavy atom. The molecule has 0 bridgehead atoms. The van der Waals surface area contributed by atoms with Crippen molar-refractivity contribution in [3.05, 3.63) is 0 Å². The summed E-state index contributed by atoms with van der Waals surface area (Å²) in [5.74, 6) is 1.19. The van der Waals surface area contributed by atoms with Gasteiger partial charge in [0.25, 0.3) is 0 Å². The third-order valence-corrected chi connectivity index (χ3v) is 3.97. The van der Waals surface area contributed by atoms with Crippen LogP contribution in [0.2, 0.25) is 0 Å². The lowest BCUT2D eigenvalue weighted by molar-refractivity contribution is -0.157. The van der Waals surface area contributed by atoms with Crippen LogP contribution in [0.15, 0.2) is 0 Å². The van der Waals surface area contributed by atoms with Crippen molar-refractivity contribution >= 4 is 5.97 Å². The molecule has 106 valence electrons. The van der Waals surface area contributed by atoms with Gasteiger partial charge in [0.2, 0.25) is 0 Å². The molecule has 0 aromatic carbocycles. The number of hydrogen-bond acceptors (Lipinski definition) is 4. The number of esters is 1. The van der Waals surface area contributed by atoms with Crippen LogP contribution in [0.3, 0.4) is 0 Å². The van der Waals surface area contributed by atoms with Crippen molar-refractivity contribution in [2.45, 2.75) is 58.6 Å². The van der Waals surface area contributed by atoms with E-state index in [2.05, 4.69) is 20.8 Å². The van der Waals surface area contributed by atoms with Crippen LogP contribution in [-0.2, 0) is 9.53 Å². The highest BCUT2D eigenvalue weighted by molar-refractivity contribution is 5.75. The van der Waals surface area contributed by atoms with E-state index in [0.717, 1.165) is 12.8 Å². The molecule has 1 rings (SSSR count).